The number of benzene rings is 1. The Labute approximate surface area is 106 Å². The maximum absolute atomic E-state index is 13.4. The highest BCUT2D eigenvalue weighted by atomic mass is 19.1. The second kappa shape index (κ2) is 4.52. The molecule has 2 aliphatic heterocycles. The number of ether oxygens (including phenoxy) is 2. The van der Waals surface area contributed by atoms with Crippen LogP contribution in [0.1, 0.15) is 30.9 Å². The van der Waals surface area contributed by atoms with Crippen molar-refractivity contribution in [2.75, 3.05) is 20.3 Å². The molecule has 1 N–H and O–H groups in total. The number of hydrogen-bond acceptors (Lipinski definition) is 3. The Balaban J connectivity index is 1.97. The first-order valence-electron chi connectivity index (χ1n) is 6.46. The third-order valence-corrected chi connectivity index (χ3v) is 4.01. The lowest BCUT2D eigenvalue weighted by atomic mass is 9.82. The quantitative estimate of drug-likeness (QED) is 0.831. The molecule has 0 radical (unpaired) electrons. The number of rotatable bonds is 1. The van der Waals surface area contributed by atoms with Crippen molar-refractivity contribution in [3.05, 3.63) is 29.6 Å². The van der Waals surface area contributed by atoms with Crippen LogP contribution in [-0.2, 0) is 4.74 Å². The number of halogens is 1. The third kappa shape index (κ3) is 1.99. The second-order valence-electron chi connectivity index (χ2n) is 5.12. The van der Waals surface area contributed by atoms with Crippen molar-refractivity contribution in [1.82, 2.24) is 5.32 Å². The summed E-state index contributed by atoms with van der Waals surface area (Å²) in [5.74, 6) is 0.440. The minimum absolute atomic E-state index is 0.188. The van der Waals surface area contributed by atoms with Crippen LogP contribution in [0.25, 0.3) is 0 Å². The monoisotopic (exact) mass is 251 g/mol. The summed E-state index contributed by atoms with van der Waals surface area (Å²) >= 11 is 0. The van der Waals surface area contributed by atoms with Gasteiger partial charge < -0.3 is 14.8 Å². The van der Waals surface area contributed by atoms with Crippen molar-refractivity contribution in [3.63, 3.8) is 0 Å². The number of nitrogens with one attached hydrogen (secondary N) is 1. The SMILES string of the molecule is CNC1CC2(CCOCC2)Oc2cc(F)ccc21. The van der Waals surface area contributed by atoms with Crippen molar-refractivity contribution >= 4 is 0 Å². The maximum atomic E-state index is 13.4. The molecule has 1 fully saturated rings. The van der Waals surface area contributed by atoms with Crippen molar-refractivity contribution < 1.29 is 13.9 Å². The second-order valence-corrected chi connectivity index (χ2v) is 5.12. The molecule has 1 saturated heterocycles. The molecule has 0 aromatic heterocycles. The molecule has 1 aromatic carbocycles. The normalized spacial score (nSPS) is 25.6. The van der Waals surface area contributed by atoms with E-state index >= 15 is 0 Å². The Hall–Kier alpha value is -1.13. The summed E-state index contributed by atoms with van der Waals surface area (Å²) in [6, 6.07) is 5.04. The minimum atomic E-state index is -0.243. The summed E-state index contributed by atoms with van der Waals surface area (Å²) < 4.78 is 24.9. The van der Waals surface area contributed by atoms with Gasteiger partial charge in [0.2, 0.25) is 0 Å². The van der Waals surface area contributed by atoms with Gasteiger partial charge in [-0.2, -0.15) is 0 Å². The fourth-order valence-electron chi connectivity index (χ4n) is 2.95. The molecular weight excluding hydrogens is 233 g/mol. The Morgan fingerprint density at radius 2 is 2.11 bits per heavy atom. The highest BCUT2D eigenvalue weighted by Crippen LogP contribution is 2.43. The van der Waals surface area contributed by atoms with E-state index in [9.17, 15) is 4.39 Å². The molecule has 1 aromatic rings. The zero-order valence-electron chi connectivity index (χ0n) is 10.5. The molecule has 2 aliphatic rings. The third-order valence-electron chi connectivity index (χ3n) is 4.01. The van der Waals surface area contributed by atoms with Gasteiger partial charge in [0.25, 0.3) is 0 Å². The Morgan fingerprint density at radius 3 is 2.83 bits per heavy atom. The van der Waals surface area contributed by atoms with Crippen LogP contribution in [0.15, 0.2) is 18.2 Å². The van der Waals surface area contributed by atoms with Gasteiger partial charge in [-0.15, -0.1) is 0 Å². The van der Waals surface area contributed by atoms with E-state index in [1.54, 1.807) is 0 Å². The standard InChI is InChI=1S/C14H18FNO2/c1-16-12-9-14(4-6-17-7-5-14)18-13-8-10(15)2-3-11(12)13/h2-3,8,12,16H,4-7,9H2,1H3. The summed E-state index contributed by atoms with van der Waals surface area (Å²) in [6.07, 6.45) is 2.67. The van der Waals surface area contributed by atoms with E-state index in [1.165, 1.54) is 12.1 Å². The lowest BCUT2D eigenvalue weighted by Crippen LogP contribution is -2.47. The summed E-state index contributed by atoms with van der Waals surface area (Å²) in [5, 5.41) is 3.31. The summed E-state index contributed by atoms with van der Waals surface area (Å²) in [4.78, 5) is 0. The molecule has 2 heterocycles. The van der Waals surface area contributed by atoms with Crippen LogP contribution in [0.2, 0.25) is 0 Å². The Morgan fingerprint density at radius 1 is 1.33 bits per heavy atom. The summed E-state index contributed by atoms with van der Waals surface area (Å²) in [5.41, 5.74) is 0.864. The fourth-order valence-corrected chi connectivity index (χ4v) is 2.95. The zero-order chi connectivity index (χ0) is 12.6. The van der Waals surface area contributed by atoms with E-state index in [2.05, 4.69) is 5.32 Å². The Kier molecular flexibility index (Phi) is 2.99. The van der Waals surface area contributed by atoms with Gasteiger partial charge in [0.15, 0.2) is 0 Å². The van der Waals surface area contributed by atoms with Gasteiger partial charge in [-0.1, -0.05) is 6.07 Å². The van der Waals surface area contributed by atoms with E-state index < -0.39 is 0 Å². The van der Waals surface area contributed by atoms with E-state index in [0.717, 1.165) is 38.0 Å². The van der Waals surface area contributed by atoms with Crippen molar-refractivity contribution in [2.24, 2.45) is 0 Å². The number of hydrogen-bond donors (Lipinski definition) is 1. The van der Waals surface area contributed by atoms with Gasteiger partial charge in [-0.25, -0.2) is 4.39 Å². The largest absolute Gasteiger partial charge is 0.487 e. The van der Waals surface area contributed by atoms with E-state index in [1.807, 2.05) is 13.1 Å². The van der Waals surface area contributed by atoms with E-state index in [4.69, 9.17) is 9.47 Å². The lowest BCUT2D eigenvalue weighted by molar-refractivity contribution is -0.0642. The molecule has 18 heavy (non-hydrogen) atoms. The predicted molar refractivity (Wildman–Crippen MR) is 66.2 cm³/mol. The first-order chi connectivity index (χ1) is 8.72. The van der Waals surface area contributed by atoms with E-state index in [-0.39, 0.29) is 17.5 Å². The van der Waals surface area contributed by atoms with Crippen LogP contribution in [-0.4, -0.2) is 25.9 Å². The molecule has 1 spiro atoms. The zero-order valence-corrected chi connectivity index (χ0v) is 10.5. The lowest BCUT2D eigenvalue weighted by Gasteiger charge is -2.44. The maximum Gasteiger partial charge on any atom is 0.127 e. The van der Waals surface area contributed by atoms with Crippen molar-refractivity contribution in [2.45, 2.75) is 30.9 Å². The molecule has 4 heteroatoms. The smallest absolute Gasteiger partial charge is 0.127 e. The van der Waals surface area contributed by atoms with Crippen LogP contribution >= 0.6 is 0 Å². The average molecular weight is 251 g/mol. The van der Waals surface area contributed by atoms with Crippen LogP contribution in [0, 0.1) is 5.82 Å². The van der Waals surface area contributed by atoms with Crippen LogP contribution < -0.4 is 10.1 Å². The van der Waals surface area contributed by atoms with Crippen LogP contribution in [0.5, 0.6) is 5.75 Å². The minimum Gasteiger partial charge on any atom is -0.487 e. The Bertz CT molecular complexity index is 443. The van der Waals surface area contributed by atoms with Gasteiger partial charge >= 0.3 is 0 Å². The highest BCUT2D eigenvalue weighted by Gasteiger charge is 2.41. The van der Waals surface area contributed by atoms with Gasteiger partial charge in [-0.3, -0.25) is 0 Å². The molecule has 0 aliphatic carbocycles. The van der Waals surface area contributed by atoms with Crippen molar-refractivity contribution in [3.8, 4) is 5.75 Å². The highest BCUT2D eigenvalue weighted by molar-refractivity contribution is 5.39. The first kappa shape index (κ1) is 11.9. The predicted octanol–water partition coefficient (Wildman–Crippen LogP) is 2.42. The van der Waals surface area contributed by atoms with Gasteiger partial charge in [-0.05, 0) is 13.1 Å². The molecule has 0 bridgehead atoms. The average Bonchev–Trinajstić information content (AvgIpc) is 2.38. The van der Waals surface area contributed by atoms with Crippen molar-refractivity contribution in [1.29, 1.82) is 0 Å². The molecule has 1 atom stereocenters. The van der Waals surface area contributed by atoms with Gasteiger partial charge in [0, 0.05) is 36.9 Å². The van der Waals surface area contributed by atoms with Gasteiger partial charge in [0.1, 0.15) is 17.2 Å². The number of fused-ring (bicyclic) bond motifs is 1. The fraction of sp³-hybridized carbons (Fsp3) is 0.571. The van der Waals surface area contributed by atoms with Crippen LogP contribution in [0.3, 0.4) is 0 Å². The summed E-state index contributed by atoms with van der Waals surface area (Å²) in [7, 11) is 1.94. The van der Waals surface area contributed by atoms with E-state index in [0.29, 0.717) is 5.75 Å². The molecular formula is C14H18FNO2. The van der Waals surface area contributed by atoms with Crippen LogP contribution in [0.4, 0.5) is 4.39 Å². The first-order valence-corrected chi connectivity index (χ1v) is 6.46. The molecule has 0 saturated carbocycles. The molecule has 3 nitrogen and oxygen atoms in total. The molecule has 0 amide bonds. The summed E-state index contributed by atoms with van der Waals surface area (Å²) in [6.45, 7) is 1.45. The topological polar surface area (TPSA) is 30.5 Å². The molecule has 3 rings (SSSR count). The molecule has 98 valence electrons. The van der Waals surface area contributed by atoms with Gasteiger partial charge in [0.05, 0.1) is 13.2 Å². The molecule has 1 unspecified atom stereocenters.